The maximum absolute atomic E-state index is 13.2. The lowest BCUT2D eigenvalue weighted by molar-refractivity contribution is -0.385. The molecule has 6 nitrogen and oxygen atoms in total. The fraction of sp³-hybridized carbons (Fsp3) is 0. The molecule has 0 fully saturated rings. The summed E-state index contributed by atoms with van der Waals surface area (Å²) >= 11 is 1.03. The van der Waals surface area contributed by atoms with Crippen molar-refractivity contribution in [1.29, 1.82) is 5.26 Å². The summed E-state index contributed by atoms with van der Waals surface area (Å²) in [6.07, 6.45) is 0. The Morgan fingerprint density at radius 3 is 2.67 bits per heavy atom. The van der Waals surface area contributed by atoms with Crippen LogP contribution in [0.25, 0.3) is 0 Å². The molecular formula is C12H5F2N3O3S. The minimum atomic E-state index is -1.42. The van der Waals surface area contributed by atoms with Gasteiger partial charge in [-0.25, -0.2) is 8.78 Å². The highest BCUT2D eigenvalue weighted by atomic mass is 32.1. The van der Waals surface area contributed by atoms with Gasteiger partial charge in [0.25, 0.3) is 11.6 Å². The van der Waals surface area contributed by atoms with Gasteiger partial charge in [0.05, 0.1) is 16.6 Å². The lowest BCUT2D eigenvalue weighted by atomic mass is 10.1. The monoisotopic (exact) mass is 309 g/mol. The number of nitrogens with one attached hydrogen (secondary N) is 1. The van der Waals surface area contributed by atoms with Crippen molar-refractivity contribution in [3.8, 4) is 6.07 Å². The second-order valence-corrected chi connectivity index (χ2v) is 4.69. The molecule has 106 valence electrons. The second-order valence-electron chi connectivity index (χ2n) is 3.77. The van der Waals surface area contributed by atoms with Crippen molar-refractivity contribution in [2.24, 2.45) is 0 Å². The number of nitro benzene ring substituents is 1. The third-order valence-corrected chi connectivity index (χ3v) is 3.32. The third kappa shape index (κ3) is 2.85. The molecule has 0 aliphatic carbocycles. The molecule has 2 rings (SSSR count). The zero-order valence-corrected chi connectivity index (χ0v) is 10.9. The summed E-state index contributed by atoms with van der Waals surface area (Å²) in [7, 11) is 0. The highest BCUT2D eigenvalue weighted by Gasteiger charge is 2.24. The molecule has 0 radical (unpaired) electrons. The van der Waals surface area contributed by atoms with Crippen LogP contribution in [0.3, 0.4) is 0 Å². The summed E-state index contributed by atoms with van der Waals surface area (Å²) in [5.41, 5.74) is -1.32. The number of thiophene rings is 1. The number of rotatable bonds is 3. The molecule has 0 aliphatic rings. The van der Waals surface area contributed by atoms with Gasteiger partial charge in [-0.05, 0) is 17.5 Å². The number of amides is 1. The van der Waals surface area contributed by atoms with Crippen LogP contribution in [-0.4, -0.2) is 10.8 Å². The number of nitro groups is 1. The lowest BCUT2D eigenvalue weighted by Crippen LogP contribution is -2.14. The second kappa shape index (κ2) is 5.64. The van der Waals surface area contributed by atoms with Crippen LogP contribution in [0.2, 0.25) is 0 Å². The van der Waals surface area contributed by atoms with Crippen LogP contribution in [0.5, 0.6) is 0 Å². The maximum atomic E-state index is 13.2. The van der Waals surface area contributed by atoms with Gasteiger partial charge in [-0.15, -0.1) is 11.3 Å². The van der Waals surface area contributed by atoms with Crippen molar-refractivity contribution in [3.05, 3.63) is 56.5 Å². The number of carbonyl (C=O) groups excluding carboxylic acids is 1. The molecule has 0 aliphatic heterocycles. The minimum Gasteiger partial charge on any atom is -0.312 e. The third-order valence-electron chi connectivity index (χ3n) is 2.49. The van der Waals surface area contributed by atoms with Crippen molar-refractivity contribution in [1.82, 2.24) is 0 Å². The molecule has 1 heterocycles. The van der Waals surface area contributed by atoms with Crippen LogP contribution >= 0.6 is 11.3 Å². The first-order valence-corrected chi connectivity index (χ1v) is 6.24. The Kier molecular flexibility index (Phi) is 3.91. The first-order valence-electron chi connectivity index (χ1n) is 5.36. The Bertz CT molecular complexity index is 783. The number of nitriles is 1. The summed E-state index contributed by atoms with van der Waals surface area (Å²) in [6.45, 7) is 0. The molecule has 1 aromatic heterocycles. The van der Waals surface area contributed by atoms with E-state index in [1.807, 2.05) is 6.07 Å². The SMILES string of the molecule is N#Cc1ccsc1NC(=O)c1cc(F)c(F)cc1[N+](=O)[O-]. The van der Waals surface area contributed by atoms with E-state index in [2.05, 4.69) is 5.32 Å². The number of halogens is 2. The van der Waals surface area contributed by atoms with E-state index in [0.29, 0.717) is 12.1 Å². The summed E-state index contributed by atoms with van der Waals surface area (Å²) in [5.74, 6) is -3.80. The Balaban J connectivity index is 2.42. The Labute approximate surface area is 120 Å². The first-order chi connectivity index (χ1) is 9.93. The van der Waals surface area contributed by atoms with Gasteiger partial charge in [-0.3, -0.25) is 14.9 Å². The Hall–Kier alpha value is -2.86. The molecule has 0 unspecified atom stereocenters. The highest BCUT2D eigenvalue weighted by Crippen LogP contribution is 2.26. The zero-order valence-electron chi connectivity index (χ0n) is 10.1. The Morgan fingerprint density at radius 1 is 1.38 bits per heavy atom. The molecule has 0 spiro atoms. The van der Waals surface area contributed by atoms with Gasteiger partial charge in [0.1, 0.15) is 16.6 Å². The summed E-state index contributed by atoms with van der Waals surface area (Å²) in [5, 5.41) is 23.6. The quantitative estimate of drug-likeness (QED) is 0.696. The van der Waals surface area contributed by atoms with Crippen molar-refractivity contribution >= 4 is 27.9 Å². The molecule has 0 bridgehead atoms. The van der Waals surface area contributed by atoms with E-state index in [0.717, 1.165) is 11.3 Å². The molecule has 9 heteroatoms. The standard InChI is InChI=1S/C12H5F2N3O3S/c13-8-3-7(10(17(19)20)4-9(8)14)11(18)16-12-6(5-15)1-2-21-12/h1-4H,(H,16,18). The molecule has 21 heavy (non-hydrogen) atoms. The predicted molar refractivity (Wildman–Crippen MR) is 70.0 cm³/mol. The normalized spacial score (nSPS) is 9.95. The molecular weight excluding hydrogens is 304 g/mol. The topological polar surface area (TPSA) is 96.0 Å². The van der Waals surface area contributed by atoms with Crippen molar-refractivity contribution in [2.45, 2.75) is 0 Å². The Morgan fingerprint density at radius 2 is 2.05 bits per heavy atom. The first kappa shape index (κ1) is 14.5. The van der Waals surface area contributed by atoms with E-state index in [1.54, 1.807) is 0 Å². The number of hydrogen-bond donors (Lipinski definition) is 1. The fourth-order valence-corrected chi connectivity index (χ4v) is 2.27. The van der Waals surface area contributed by atoms with Gasteiger partial charge >= 0.3 is 0 Å². The molecule has 1 amide bonds. The van der Waals surface area contributed by atoms with Gasteiger partial charge < -0.3 is 5.32 Å². The van der Waals surface area contributed by atoms with Gasteiger partial charge in [0, 0.05) is 0 Å². The maximum Gasteiger partial charge on any atom is 0.285 e. The number of hydrogen-bond acceptors (Lipinski definition) is 5. The van der Waals surface area contributed by atoms with Crippen LogP contribution in [-0.2, 0) is 0 Å². The van der Waals surface area contributed by atoms with Crippen LogP contribution in [0.1, 0.15) is 15.9 Å². The predicted octanol–water partition coefficient (Wildman–Crippen LogP) is 3.06. The van der Waals surface area contributed by atoms with E-state index in [1.165, 1.54) is 11.4 Å². The fourth-order valence-electron chi connectivity index (χ4n) is 1.53. The average Bonchev–Trinajstić information content (AvgIpc) is 2.88. The van der Waals surface area contributed by atoms with E-state index < -0.39 is 33.7 Å². The minimum absolute atomic E-state index is 0.165. The number of benzene rings is 1. The molecule has 0 atom stereocenters. The van der Waals surface area contributed by atoms with Crippen molar-refractivity contribution < 1.29 is 18.5 Å². The van der Waals surface area contributed by atoms with Gasteiger partial charge in [-0.1, -0.05) is 0 Å². The molecule has 1 aromatic carbocycles. The summed E-state index contributed by atoms with van der Waals surface area (Å²) in [4.78, 5) is 21.8. The highest BCUT2D eigenvalue weighted by molar-refractivity contribution is 7.14. The van der Waals surface area contributed by atoms with Crippen molar-refractivity contribution in [2.75, 3.05) is 5.32 Å². The lowest BCUT2D eigenvalue weighted by Gasteiger charge is -2.05. The zero-order chi connectivity index (χ0) is 15.6. The number of nitrogens with zero attached hydrogens (tertiary/aromatic N) is 2. The van der Waals surface area contributed by atoms with Gasteiger partial charge in [0.2, 0.25) is 0 Å². The molecule has 0 saturated carbocycles. The van der Waals surface area contributed by atoms with Crippen LogP contribution in [0, 0.1) is 33.1 Å². The van der Waals surface area contributed by atoms with E-state index >= 15 is 0 Å². The average molecular weight is 309 g/mol. The van der Waals surface area contributed by atoms with Crippen LogP contribution in [0.4, 0.5) is 19.5 Å². The number of anilines is 1. The summed E-state index contributed by atoms with van der Waals surface area (Å²) in [6, 6.07) is 4.05. The number of carbonyl (C=O) groups is 1. The molecule has 1 N–H and O–H groups in total. The van der Waals surface area contributed by atoms with E-state index in [9.17, 15) is 23.7 Å². The van der Waals surface area contributed by atoms with Crippen LogP contribution in [0.15, 0.2) is 23.6 Å². The van der Waals surface area contributed by atoms with Crippen LogP contribution < -0.4 is 5.32 Å². The van der Waals surface area contributed by atoms with E-state index in [-0.39, 0.29) is 10.6 Å². The smallest absolute Gasteiger partial charge is 0.285 e. The van der Waals surface area contributed by atoms with Gasteiger partial charge in [-0.2, -0.15) is 5.26 Å². The largest absolute Gasteiger partial charge is 0.312 e. The summed E-state index contributed by atoms with van der Waals surface area (Å²) < 4.78 is 26.2. The van der Waals surface area contributed by atoms with Gasteiger partial charge in [0.15, 0.2) is 11.6 Å². The molecule has 0 saturated heterocycles. The molecule has 2 aromatic rings. The van der Waals surface area contributed by atoms with E-state index in [4.69, 9.17) is 5.26 Å². The van der Waals surface area contributed by atoms with Crippen molar-refractivity contribution in [3.63, 3.8) is 0 Å².